The number of nitrogen functional groups attached to an aromatic ring is 1. The van der Waals surface area contributed by atoms with E-state index < -0.39 is 0 Å². The summed E-state index contributed by atoms with van der Waals surface area (Å²) in [5.74, 6) is 0.889. The smallest absolute Gasteiger partial charge is 0.124 e. The summed E-state index contributed by atoms with van der Waals surface area (Å²) < 4.78 is 5.76. The number of nitrogens with zero attached hydrogens (tertiary/aromatic N) is 1. The summed E-state index contributed by atoms with van der Waals surface area (Å²) in [4.78, 5) is 2.23. The summed E-state index contributed by atoms with van der Waals surface area (Å²) in [5, 5.41) is 0. The molecule has 3 heteroatoms. The van der Waals surface area contributed by atoms with Gasteiger partial charge in [-0.2, -0.15) is 0 Å². The Morgan fingerprint density at radius 2 is 2.07 bits per heavy atom. The van der Waals surface area contributed by atoms with Crippen LogP contribution in [0, 0.1) is 6.92 Å². The summed E-state index contributed by atoms with van der Waals surface area (Å²) >= 11 is 0. The first-order valence-electron chi connectivity index (χ1n) is 4.86. The topological polar surface area (TPSA) is 38.5 Å². The van der Waals surface area contributed by atoms with E-state index in [-0.39, 0.29) is 0 Å². The van der Waals surface area contributed by atoms with Gasteiger partial charge in [-0.3, -0.25) is 4.90 Å². The quantitative estimate of drug-likeness (QED) is 0.717. The standard InChI is InChI=1S/C11H16N2O/c1-8-3-9(12)5-10(4-8)14-11-6-13(2)7-11/h3-5,11H,6-7,12H2,1-2H3. The molecule has 1 aromatic carbocycles. The molecule has 1 heterocycles. The van der Waals surface area contributed by atoms with Gasteiger partial charge in [-0.1, -0.05) is 0 Å². The molecule has 0 radical (unpaired) electrons. The third kappa shape index (κ3) is 1.99. The molecule has 0 aromatic heterocycles. The second-order valence-electron chi connectivity index (χ2n) is 4.04. The normalized spacial score (nSPS) is 17.9. The lowest BCUT2D eigenvalue weighted by Gasteiger charge is -2.36. The average molecular weight is 192 g/mol. The molecular weight excluding hydrogens is 176 g/mol. The van der Waals surface area contributed by atoms with E-state index in [2.05, 4.69) is 11.9 Å². The summed E-state index contributed by atoms with van der Waals surface area (Å²) in [6, 6.07) is 5.85. The van der Waals surface area contributed by atoms with E-state index in [1.165, 1.54) is 0 Å². The van der Waals surface area contributed by atoms with E-state index in [1.807, 2.05) is 25.1 Å². The van der Waals surface area contributed by atoms with Gasteiger partial charge in [0.1, 0.15) is 11.9 Å². The minimum absolute atomic E-state index is 0.334. The first-order valence-corrected chi connectivity index (χ1v) is 4.86. The van der Waals surface area contributed by atoms with Gasteiger partial charge in [0.2, 0.25) is 0 Å². The van der Waals surface area contributed by atoms with Crippen molar-refractivity contribution in [2.45, 2.75) is 13.0 Å². The Kier molecular flexibility index (Phi) is 2.33. The number of hydrogen-bond donors (Lipinski definition) is 1. The Morgan fingerprint density at radius 3 is 2.64 bits per heavy atom. The molecule has 0 unspecified atom stereocenters. The van der Waals surface area contributed by atoms with Crippen molar-refractivity contribution in [3.8, 4) is 5.75 Å². The van der Waals surface area contributed by atoms with E-state index in [0.29, 0.717) is 6.10 Å². The number of hydrogen-bond acceptors (Lipinski definition) is 3. The van der Waals surface area contributed by atoms with Gasteiger partial charge >= 0.3 is 0 Å². The first-order chi connectivity index (χ1) is 6.63. The number of nitrogens with two attached hydrogens (primary N) is 1. The van der Waals surface area contributed by atoms with Crippen LogP contribution in [-0.4, -0.2) is 31.1 Å². The fourth-order valence-electron chi connectivity index (χ4n) is 1.75. The molecule has 2 rings (SSSR count). The van der Waals surface area contributed by atoms with Gasteiger partial charge in [0.15, 0.2) is 0 Å². The molecule has 1 saturated heterocycles. The van der Waals surface area contributed by atoms with Crippen LogP contribution in [0.5, 0.6) is 5.75 Å². The average Bonchev–Trinajstić information content (AvgIpc) is 1.99. The fraction of sp³-hybridized carbons (Fsp3) is 0.455. The van der Waals surface area contributed by atoms with Crippen molar-refractivity contribution < 1.29 is 4.74 Å². The Bertz CT molecular complexity index is 312. The number of anilines is 1. The third-order valence-corrected chi connectivity index (χ3v) is 2.41. The molecular formula is C11H16N2O. The van der Waals surface area contributed by atoms with Crippen molar-refractivity contribution in [3.63, 3.8) is 0 Å². The summed E-state index contributed by atoms with van der Waals surface area (Å²) in [7, 11) is 2.09. The Hall–Kier alpha value is -1.22. The summed E-state index contributed by atoms with van der Waals surface area (Å²) in [6.07, 6.45) is 0.334. The molecule has 0 saturated carbocycles. The molecule has 1 aliphatic heterocycles. The maximum Gasteiger partial charge on any atom is 0.124 e. The summed E-state index contributed by atoms with van der Waals surface area (Å²) in [6.45, 7) is 4.04. The highest BCUT2D eigenvalue weighted by Gasteiger charge is 2.24. The second-order valence-corrected chi connectivity index (χ2v) is 4.04. The highest BCUT2D eigenvalue weighted by molar-refractivity contribution is 5.47. The molecule has 1 aromatic rings. The van der Waals surface area contributed by atoms with Gasteiger partial charge in [0, 0.05) is 24.8 Å². The van der Waals surface area contributed by atoms with E-state index in [0.717, 1.165) is 30.1 Å². The molecule has 0 aliphatic carbocycles. The number of likely N-dealkylation sites (N-methyl/N-ethyl adjacent to an activating group) is 1. The van der Waals surface area contributed by atoms with Crippen molar-refractivity contribution in [2.24, 2.45) is 0 Å². The van der Waals surface area contributed by atoms with Gasteiger partial charge in [0.25, 0.3) is 0 Å². The lowest BCUT2D eigenvalue weighted by molar-refractivity contribution is 0.0388. The van der Waals surface area contributed by atoms with Crippen LogP contribution in [0.15, 0.2) is 18.2 Å². The maximum atomic E-state index is 5.76. The number of aryl methyl sites for hydroxylation is 1. The third-order valence-electron chi connectivity index (χ3n) is 2.41. The molecule has 76 valence electrons. The second kappa shape index (κ2) is 3.50. The van der Waals surface area contributed by atoms with Gasteiger partial charge in [-0.05, 0) is 31.7 Å². The molecule has 1 aliphatic rings. The van der Waals surface area contributed by atoms with Crippen LogP contribution in [0.4, 0.5) is 5.69 Å². The maximum absolute atomic E-state index is 5.76. The predicted molar refractivity (Wildman–Crippen MR) is 57.5 cm³/mol. The Balaban J connectivity index is 2.02. The zero-order valence-electron chi connectivity index (χ0n) is 8.66. The summed E-state index contributed by atoms with van der Waals surface area (Å²) in [5.41, 5.74) is 7.65. The van der Waals surface area contributed by atoms with Crippen molar-refractivity contribution in [1.82, 2.24) is 4.90 Å². The number of ether oxygens (including phenoxy) is 1. The molecule has 0 spiro atoms. The van der Waals surface area contributed by atoms with Crippen molar-refractivity contribution >= 4 is 5.69 Å². The van der Waals surface area contributed by atoms with Crippen LogP contribution in [0.2, 0.25) is 0 Å². The highest BCUT2D eigenvalue weighted by Crippen LogP contribution is 2.21. The monoisotopic (exact) mass is 192 g/mol. The van der Waals surface area contributed by atoms with Crippen LogP contribution in [0.1, 0.15) is 5.56 Å². The molecule has 0 atom stereocenters. The van der Waals surface area contributed by atoms with Crippen LogP contribution >= 0.6 is 0 Å². The van der Waals surface area contributed by atoms with Gasteiger partial charge < -0.3 is 10.5 Å². The van der Waals surface area contributed by atoms with Crippen LogP contribution < -0.4 is 10.5 Å². The highest BCUT2D eigenvalue weighted by atomic mass is 16.5. The van der Waals surface area contributed by atoms with Gasteiger partial charge in [-0.25, -0.2) is 0 Å². The Labute approximate surface area is 84.5 Å². The zero-order valence-corrected chi connectivity index (χ0v) is 8.66. The first kappa shape index (κ1) is 9.34. The van der Waals surface area contributed by atoms with Crippen LogP contribution in [0.3, 0.4) is 0 Å². The molecule has 3 nitrogen and oxygen atoms in total. The molecule has 0 amide bonds. The number of rotatable bonds is 2. The predicted octanol–water partition coefficient (Wildman–Crippen LogP) is 1.27. The van der Waals surface area contributed by atoms with Gasteiger partial charge in [-0.15, -0.1) is 0 Å². The van der Waals surface area contributed by atoms with Crippen molar-refractivity contribution in [2.75, 3.05) is 25.9 Å². The van der Waals surface area contributed by atoms with E-state index in [9.17, 15) is 0 Å². The largest absolute Gasteiger partial charge is 0.488 e. The van der Waals surface area contributed by atoms with Crippen LogP contribution in [-0.2, 0) is 0 Å². The minimum Gasteiger partial charge on any atom is -0.488 e. The fourth-order valence-corrected chi connectivity index (χ4v) is 1.75. The van der Waals surface area contributed by atoms with Crippen molar-refractivity contribution in [1.29, 1.82) is 0 Å². The number of benzene rings is 1. The van der Waals surface area contributed by atoms with E-state index in [4.69, 9.17) is 10.5 Å². The SMILES string of the molecule is Cc1cc(N)cc(OC2CN(C)C2)c1. The molecule has 2 N–H and O–H groups in total. The molecule has 14 heavy (non-hydrogen) atoms. The Morgan fingerprint density at radius 1 is 1.36 bits per heavy atom. The lowest BCUT2D eigenvalue weighted by atomic mass is 10.2. The van der Waals surface area contributed by atoms with E-state index in [1.54, 1.807) is 0 Å². The van der Waals surface area contributed by atoms with Gasteiger partial charge in [0.05, 0.1) is 0 Å². The lowest BCUT2D eigenvalue weighted by Crippen LogP contribution is -2.51. The zero-order chi connectivity index (χ0) is 10.1. The van der Waals surface area contributed by atoms with Crippen LogP contribution in [0.25, 0.3) is 0 Å². The molecule has 1 fully saturated rings. The molecule has 0 bridgehead atoms. The number of likely N-dealkylation sites (tertiary alicyclic amines) is 1. The van der Waals surface area contributed by atoms with Crippen molar-refractivity contribution in [3.05, 3.63) is 23.8 Å². The minimum atomic E-state index is 0.334. The van der Waals surface area contributed by atoms with E-state index >= 15 is 0 Å².